The Morgan fingerprint density at radius 1 is 1.08 bits per heavy atom. The Morgan fingerprint density at radius 2 is 1.76 bits per heavy atom. The minimum absolute atomic E-state index is 0. The molecule has 1 aromatic carbocycles. The fourth-order valence-corrected chi connectivity index (χ4v) is 2.94. The van der Waals surface area contributed by atoms with E-state index in [1.54, 1.807) is 12.5 Å². The van der Waals surface area contributed by atoms with Gasteiger partial charge in [0.2, 0.25) is 0 Å². The van der Waals surface area contributed by atoms with E-state index in [-0.39, 0.29) is 25.5 Å². The van der Waals surface area contributed by atoms with Crippen molar-refractivity contribution in [2.45, 2.75) is 41.2 Å². The third-order valence-corrected chi connectivity index (χ3v) is 3.92. The molecule has 0 bridgehead atoms. The Balaban J connectivity index is 0.00000225. The zero-order valence-corrected chi connectivity index (χ0v) is 17.7. The van der Waals surface area contributed by atoms with Gasteiger partial charge in [0.05, 0.1) is 5.82 Å². The SMILES string of the molecule is Cc1cccc(C)c1-c1ncc[c-]c1-c1ncnn1CC(C)(C)C.[Ir]. The zero-order chi connectivity index (χ0) is 17.3. The number of hydrogen-bond acceptors (Lipinski definition) is 3. The van der Waals surface area contributed by atoms with E-state index in [0.29, 0.717) is 0 Å². The Bertz CT molecular complexity index is 842. The van der Waals surface area contributed by atoms with Crippen LogP contribution in [-0.2, 0) is 26.7 Å². The molecule has 5 heteroatoms. The molecule has 133 valence electrons. The molecule has 0 unspecified atom stereocenters. The van der Waals surface area contributed by atoms with Crippen LogP contribution in [0.3, 0.4) is 0 Å². The van der Waals surface area contributed by atoms with Crippen molar-refractivity contribution in [1.29, 1.82) is 0 Å². The molecule has 0 saturated carbocycles. The van der Waals surface area contributed by atoms with E-state index in [0.717, 1.165) is 29.2 Å². The number of aromatic nitrogens is 4. The summed E-state index contributed by atoms with van der Waals surface area (Å²) in [5.41, 5.74) is 5.47. The van der Waals surface area contributed by atoms with Gasteiger partial charge in [-0.2, -0.15) is 5.10 Å². The summed E-state index contributed by atoms with van der Waals surface area (Å²) in [4.78, 5) is 9.15. The summed E-state index contributed by atoms with van der Waals surface area (Å²) in [6.07, 6.45) is 3.39. The van der Waals surface area contributed by atoms with Crippen molar-refractivity contribution in [3.05, 3.63) is 54.0 Å². The molecule has 0 aliphatic carbocycles. The largest absolute Gasteiger partial charge is 0.352 e. The number of hydrogen-bond donors (Lipinski definition) is 0. The maximum atomic E-state index is 4.65. The van der Waals surface area contributed by atoms with Gasteiger partial charge in [0.25, 0.3) is 0 Å². The number of pyridine rings is 1. The van der Waals surface area contributed by atoms with Crippen LogP contribution in [0, 0.1) is 25.3 Å². The van der Waals surface area contributed by atoms with Crippen LogP contribution in [-0.4, -0.2) is 19.7 Å². The van der Waals surface area contributed by atoms with Gasteiger partial charge in [0.15, 0.2) is 0 Å². The number of rotatable bonds is 3. The standard InChI is InChI=1S/C20H23N4.Ir/c1-14-8-6-9-15(2)17(14)18-16(10-7-11-21-18)19-22-13-23-24(19)12-20(3,4)5;/h6-9,11,13H,12H2,1-5H3;/q-1;. The first kappa shape index (κ1) is 19.5. The molecule has 0 spiro atoms. The second-order valence-electron chi connectivity index (χ2n) is 7.38. The van der Waals surface area contributed by atoms with Crippen molar-refractivity contribution >= 4 is 0 Å². The summed E-state index contributed by atoms with van der Waals surface area (Å²) < 4.78 is 1.95. The topological polar surface area (TPSA) is 43.6 Å². The van der Waals surface area contributed by atoms with Gasteiger partial charge >= 0.3 is 0 Å². The second kappa shape index (κ2) is 7.59. The third-order valence-electron chi connectivity index (χ3n) is 3.92. The average Bonchev–Trinajstić information content (AvgIpc) is 2.93. The summed E-state index contributed by atoms with van der Waals surface area (Å²) in [5, 5.41) is 4.42. The van der Waals surface area contributed by atoms with Crippen LogP contribution in [0.1, 0.15) is 31.9 Å². The van der Waals surface area contributed by atoms with E-state index in [4.69, 9.17) is 0 Å². The van der Waals surface area contributed by atoms with E-state index >= 15 is 0 Å². The van der Waals surface area contributed by atoms with Gasteiger partial charge < -0.3 is 4.98 Å². The van der Waals surface area contributed by atoms with Gasteiger partial charge in [0, 0.05) is 26.7 Å². The smallest absolute Gasteiger partial charge is 0.127 e. The Morgan fingerprint density at radius 3 is 2.40 bits per heavy atom. The second-order valence-corrected chi connectivity index (χ2v) is 7.38. The molecule has 0 saturated heterocycles. The van der Waals surface area contributed by atoms with Crippen molar-refractivity contribution in [1.82, 2.24) is 19.7 Å². The van der Waals surface area contributed by atoms with Crippen molar-refractivity contribution in [3.8, 4) is 22.6 Å². The first-order valence-electron chi connectivity index (χ1n) is 8.18. The first-order valence-corrected chi connectivity index (χ1v) is 8.18. The summed E-state index contributed by atoms with van der Waals surface area (Å²) in [6, 6.07) is 11.5. The van der Waals surface area contributed by atoms with Gasteiger partial charge in [0.1, 0.15) is 6.33 Å². The monoisotopic (exact) mass is 512 g/mol. The average molecular weight is 512 g/mol. The number of nitrogens with zero attached hydrogens (tertiary/aromatic N) is 4. The predicted octanol–water partition coefficient (Wildman–Crippen LogP) is 4.47. The Kier molecular flexibility index (Phi) is 5.91. The molecule has 3 rings (SSSR count). The molecule has 0 aliphatic heterocycles. The van der Waals surface area contributed by atoms with Crippen LogP contribution in [0.25, 0.3) is 22.6 Å². The maximum absolute atomic E-state index is 4.65. The van der Waals surface area contributed by atoms with Crippen molar-refractivity contribution in [2.24, 2.45) is 5.41 Å². The molecular weight excluding hydrogens is 488 g/mol. The molecule has 0 N–H and O–H groups in total. The van der Waals surface area contributed by atoms with Crippen molar-refractivity contribution in [3.63, 3.8) is 0 Å². The van der Waals surface area contributed by atoms with Crippen LogP contribution in [0.4, 0.5) is 0 Å². The van der Waals surface area contributed by atoms with Crippen LogP contribution >= 0.6 is 0 Å². The Hall–Kier alpha value is -1.84. The molecule has 3 aromatic rings. The minimum atomic E-state index is 0. The first-order chi connectivity index (χ1) is 11.4. The fraction of sp³-hybridized carbons (Fsp3) is 0.350. The molecule has 0 fully saturated rings. The maximum Gasteiger partial charge on any atom is 0.127 e. The summed E-state index contributed by atoms with van der Waals surface area (Å²) in [6.45, 7) is 11.6. The third kappa shape index (κ3) is 4.23. The molecule has 1 radical (unpaired) electrons. The molecule has 0 aliphatic rings. The van der Waals surface area contributed by atoms with Crippen LogP contribution < -0.4 is 0 Å². The van der Waals surface area contributed by atoms with E-state index in [9.17, 15) is 0 Å². The Labute approximate surface area is 163 Å². The van der Waals surface area contributed by atoms with Crippen molar-refractivity contribution in [2.75, 3.05) is 0 Å². The summed E-state index contributed by atoms with van der Waals surface area (Å²) in [5.74, 6) is 0.815. The van der Waals surface area contributed by atoms with Crippen LogP contribution in [0.15, 0.2) is 36.8 Å². The van der Waals surface area contributed by atoms with Crippen molar-refractivity contribution < 1.29 is 20.1 Å². The zero-order valence-electron chi connectivity index (χ0n) is 15.3. The summed E-state index contributed by atoms with van der Waals surface area (Å²) in [7, 11) is 0. The van der Waals surface area contributed by atoms with Crippen LogP contribution in [0.2, 0.25) is 0 Å². The molecule has 25 heavy (non-hydrogen) atoms. The summed E-state index contributed by atoms with van der Waals surface area (Å²) >= 11 is 0. The molecule has 2 heterocycles. The van der Waals surface area contributed by atoms with Gasteiger partial charge in [-0.25, -0.2) is 0 Å². The van der Waals surface area contributed by atoms with Gasteiger partial charge in [-0.3, -0.25) is 9.67 Å². The molecule has 0 amide bonds. The predicted molar refractivity (Wildman–Crippen MR) is 96.5 cm³/mol. The van der Waals surface area contributed by atoms with Gasteiger partial charge in [-0.15, -0.1) is 12.1 Å². The normalized spacial score (nSPS) is 11.2. The van der Waals surface area contributed by atoms with Gasteiger partial charge in [-0.1, -0.05) is 61.9 Å². The molecule has 0 atom stereocenters. The number of aryl methyl sites for hydroxylation is 2. The quantitative estimate of drug-likeness (QED) is 0.488. The molecule has 4 nitrogen and oxygen atoms in total. The van der Waals surface area contributed by atoms with E-state index < -0.39 is 0 Å². The minimum Gasteiger partial charge on any atom is -0.352 e. The molecular formula is C20H23IrN4-. The fourth-order valence-electron chi connectivity index (χ4n) is 2.94. The van der Waals surface area contributed by atoms with E-state index in [1.165, 1.54) is 11.1 Å². The van der Waals surface area contributed by atoms with Crippen LogP contribution in [0.5, 0.6) is 0 Å². The molecule has 2 aromatic heterocycles. The van der Waals surface area contributed by atoms with E-state index in [2.05, 4.69) is 74.0 Å². The number of benzene rings is 1. The van der Waals surface area contributed by atoms with E-state index in [1.807, 2.05) is 10.7 Å². The van der Waals surface area contributed by atoms with Gasteiger partial charge in [-0.05, 0) is 30.5 Å².